The van der Waals surface area contributed by atoms with Gasteiger partial charge in [-0.1, -0.05) is 74.7 Å². The minimum absolute atomic E-state index is 0.111. The Morgan fingerprint density at radius 3 is 2.57 bits per heavy atom. The van der Waals surface area contributed by atoms with E-state index in [0.29, 0.717) is 35.7 Å². The number of aliphatic hydroxyl groups is 2. The first kappa shape index (κ1) is 32.8. The van der Waals surface area contributed by atoms with E-state index in [4.69, 9.17) is 16.3 Å². The molecule has 3 N–H and O–H groups in total. The van der Waals surface area contributed by atoms with Crippen molar-refractivity contribution in [2.24, 2.45) is 17.8 Å². The molecule has 42 heavy (non-hydrogen) atoms. The molecule has 2 aromatic carbocycles. The Kier molecular flexibility index (Phi) is 11.8. The summed E-state index contributed by atoms with van der Waals surface area (Å²) in [6.07, 6.45) is 5.37. The van der Waals surface area contributed by atoms with E-state index in [1.807, 2.05) is 24.3 Å². The Morgan fingerprint density at radius 1 is 1.14 bits per heavy atom. The number of aryl methyl sites for hydroxylation is 1. The first-order chi connectivity index (χ1) is 20.1. The molecule has 1 amide bonds. The number of carbonyl (C=O) groups is 1. The predicted octanol–water partition coefficient (Wildman–Crippen LogP) is 7.17. The fourth-order valence-corrected chi connectivity index (χ4v) is 7.87. The molecule has 1 aliphatic carbocycles. The van der Waals surface area contributed by atoms with E-state index in [0.717, 1.165) is 68.1 Å². The van der Waals surface area contributed by atoms with Gasteiger partial charge in [-0.25, -0.2) is 0 Å². The van der Waals surface area contributed by atoms with Gasteiger partial charge in [0.1, 0.15) is 5.75 Å². The van der Waals surface area contributed by atoms with Crippen molar-refractivity contribution < 1.29 is 19.7 Å². The normalized spacial score (nSPS) is 22.4. The zero-order valence-corrected chi connectivity index (χ0v) is 27.2. The molecular formula is C34H49ClN2O4S. The van der Waals surface area contributed by atoms with Gasteiger partial charge in [0.25, 0.3) is 5.91 Å². The summed E-state index contributed by atoms with van der Waals surface area (Å²) in [6.45, 7) is 10.8. The summed E-state index contributed by atoms with van der Waals surface area (Å²) in [5, 5.41) is 20.3. The molecule has 232 valence electrons. The Hall–Kier alpha value is -2.06. The van der Waals surface area contributed by atoms with Crippen molar-refractivity contribution in [2.75, 3.05) is 24.6 Å². The highest BCUT2D eigenvalue weighted by atomic mass is 35.5. The molecular weight excluding hydrogens is 568 g/mol. The van der Waals surface area contributed by atoms with E-state index in [2.05, 4.69) is 55.3 Å². The maximum atomic E-state index is 13.4. The number of nitrogens with one attached hydrogen (secondary N) is 1. The topological polar surface area (TPSA) is 82.0 Å². The molecule has 0 spiro atoms. The molecule has 6 unspecified atom stereocenters. The van der Waals surface area contributed by atoms with Gasteiger partial charge in [0.05, 0.1) is 12.3 Å². The van der Waals surface area contributed by atoms with E-state index in [1.165, 1.54) is 11.1 Å². The van der Waals surface area contributed by atoms with Crippen LogP contribution >= 0.6 is 22.3 Å². The molecule has 2 aromatic rings. The fraction of sp³-hybridized carbons (Fsp3) is 0.588. The SMILES string of the molecule is C=S(NC(=O)c1ccc2c(c1)N(CC1CCC1CC(O)O)CC(c1ccc(Cl)cc1CCC)CO2)C(C)C(C)CCC. The molecule has 1 saturated carbocycles. The molecule has 6 atom stereocenters. The molecule has 0 bridgehead atoms. The van der Waals surface area contributed by atoms with Gasteiger partial charge < -0.3 is 24.6 Å². The first-order valence-corrected chi connectivity index (χ1v) is 17.4. The summed E-state index contributed by atoms with van der Waals surface area (Å²) >= 11 is 6.39. The van der Waals surface area contributed by atoms with Crippen molar-refractivity contribution in [2.45, 2.75) is 90.1 Å². The number of hydrogen-bond donors (Lipinski definition) is 3. The van der Waals surface area contributed by atoms with Crippen molar-refractivity contribution in [1.29, 1.82) is 0 Å². The van der Waals surface area contributed by atoms with Crippen molar-refractivity contribution in [3.8, 4) is 5.75 Å². The predicted molar refractivity (Wildman–Crippen MR) is 177 cm³/mol. The lowest BCUT2D eigenvalue weighted by molar-refractivity contribution is -0.0719. The molecule has 6 nitrogen and oxygen atoms in total. The van der Waals surface area contributed by atoms with Crippen molar-refractivity contribution in [3.63, 3.8) is 0 Å². The molecule has 0 radical (unpaired) electrons. The number of aliphatic hydroxyl groups excluding tert-OH is 1. The second-order valence-electron chi connectivity index (χ2n) is 12.3. The molecule has 0 saturated heterocycles. The molecule has 8 heteroatoms. The fourth-order valence-electron chi connectivity index (χ4n) is 6.44. The van der Waals surface area contributed by atoms with Crippen molar-refractivity contribution in [1.82, 2.24) is 4.72 Å². The lowest BCUT2D eigenvalue weighted by atomic mass is 9.71. The third-order valence-corrected chi connectivity index (χ3v) is 11.3. The van der Waals surface area contributed by atoms with Crippen LogP contribution in [0.4, 0.5) is 5.69 Å². The number of nitrogens with zero attached hydrogens (tertiary/aromatic N) is 1. The average Bonchev–Trinajstić information content (AvgIpc) is 3.13. The van der Waals surface area contributed by atoms with E-state index in [9.17, 15) is 15.0 Å². The maximum Gasteiger partial charge on any atom is 0.260 e. The maximum absolute atomic E-state index is 13.4. The highest BCUT2D eigenvalue weighted by Crippen LogP contribution is 2.42. The lowest BCUT2D eigenvalue weighted by Gasteiger charge is -2.41. The van der Waals surface area contributed by atoms with Crippen LogP contribution in [0, 0.1) is 17.8 Å². The van der Waals surface area contributed by atoms with Crippen LogP contribution in [0.2, 0.25) is 5.02 Å². The number of hydrogen-bond acceptors (Lipinski definition) is 5. The van der Waals surface area contributed by atoms with Gasteiger partial charge in [0.2, 0.25) is 0 Å². The summed E-state index contributed by atoms with van der Waals surface area (Å²) in [5.41, 5.74) is 4.03. The largest absolute Gasteiger partial charge is 0.491 e. The third kappa shape index (κ3) is 8.10. The highest BCUT2D eigenvalue weighted by Gasteiger charge is 2.36. The molecule has 1 heterocycles. The van der Waals surface area contributed by atoms with Gasteiger partial charge in [-0.3, -0.25) is 4.79 Å². The Bertz CT molecular complexity index is 1240. The summed E-state index contributed by atoms with van der Waals surface area (Å²) in [7, 11) is -0.493. The number of ether oxygens (including phenoxy) is 1. The highest BCUT2D eigenvalue weighted by molar-refractivity contribution is 8.13. The van der Waals surface area contributed by atoms with E-state index < -0.39 is 17.0 Å². The van der Waals surface area contributed by atoms with Crippen LogP contribution in [0.5, 0.6) is 5.75 Å². The van der Waals surface area contributed by atoms with Gasteiger partial charge >= 0.3 is 0 Å². The van der Waals surface area contributed by atoms with E-state index >= 15 is 0 Å². The zero-order valence-electron chi connectivity index (χ0n) is 25.7. The number of halogens is 1. The Labute approximate surface area is 259 Å². The zero-order chi connectivity index (χ0) is 30.4. The van der Waals surface area contributed by atoms with Crippen LogP contribution in [0.25, 0.3) is 0 Å². The smallest absolute Gasteiger partial charge is 0.260 e. The number of fused-ring (bicyclic) bond motifs is 1. The number of benzene rings is 2. The molecule has 2 aliphatic rings. The quantitative estimate of drug-likeness (QED) is 0.164. The summed E-state index contributed by atoms with van der Waals surface area (Å²) in [4.78, 5) is 15.8. The summed E-state index contributed by atoms with van der Waals surface area (Å²) in [5.74, 6) is 6.20. The molecule has 1 fully saturated rings. The molecule has 1 aliphatic heterocycles. The van der Waals surface area contributed by atoms with Crippen molar-refractivity contribution >= 4 is 39.7 Å². The monoisotopic (exact) mass is 616 g/mol. The van der Waals surface area contributed by atoms with Crippen molar-refractivity contribution in [3.05, 3.63) is 58.1 Å². The summed E-state index contributed by atoms with van der Waals surface area (Å²) < 4.78 is 9.63. The first-order valence-electron chi connectivity index (χ1n) is 15.6. The minimum Gasteiger partial charge on any atom is -0.491 e. The van der Waals surface area contributed by atoms with Crippen LogP contribution in [0.3, 0.4) is 0 Å². The van der Waals surface area contributed by atoms with Gasteiger partial charge in [-0.15, -0.1) is 0 Å². The van der Waals surface area contributed by atoms with Crippen LogP contribution in [0.1, 0.15) is 93.6 Å². The van der Waals surface area contributed by atoms with Crippen LogP contribution in [0.15, 0.2) is 36.4 Å². The Morgan fingerprint density at radius 2 is 1.90 bits per heavy atom. The van der Waals surface area contributed by atoms with Gasteiger partial charge in [-0.05, 0) is 84.9 Å². The number of rotatable bonds is 13. The average molecular weight is 617 g/mol. The third-order valence-electron chi connectivity index (χ3n) is 9.27. The van der Waals surface area contributed by atoms with Crippen LogP contribution < -0.4 is 14.4 Å². The second-order valence-corrected chi connectivity index (χ2v) is 14.6. The molecule has 0 aromatic heterocycles. The molecule has 4 rings (SSSR count). The van der Waals surface area contributed by atoms with E-state index in [-0.39, 0.29) is 17.7 Å². The standard InChI is InChI=1S/C34H49ClN2O4S/c1-6-8-22(3)23(4)42(5)36-34(40)26-12-15-32-31(17-26)37(19-27-11-10-24(27)18-33(38)39)20-28(21-41-32)30-14-13-29(35)16-25(30)9-7-2/h12-17,22-24,27-28,33,38-39H,5-11,18-21H2,1-4H3,(H,36,40). The van der Waals surface area contributed by atoms with Gasteiger partial charge in [0, 0.05) is 41.3 Å². The van der Waals surface area contributed by atoms with Crippen LogP contribution in [-0.4, -0.2) is 53.2 Å². The van der Waals surface area contributed by atoms with Gasteiger partial charge in [0.15, 0.2) is 6.29 Å². The number of carbonyl (C=O) groups excluding carboxylic acids is 1. The van der Waals surface area contributed by atoms with Crippen LogP contribution in [-0.2, 0) is 6.42 Å². The summed E-state index contributed by atoms with van der Waals surface area (Å²) in [6, 6.07) is 11.9. The van der Waals surface area contributed by atoms with Gasteiger partial charge in [-0.2, -0.15) is 0 Å². The van der Waals surface area contributed by atoms with E-state index in [1.54, 1.807) is 0 Å². The second kappa shape index (κ2) is 15.1. The number of anilines is 1. The number of amides is 1. The lowest BCUT2D eigenvalue weighted by Crippen LogP contribution is -2.41. The minimum atomic E-state index is -1.29. The Balaban J connectivity index is 1.62.